The van der Waals surface area contributed by atoms with Gasteiger partial charge in [-0.3, -0.25) is 4.79 Å². The molecule has 0 bridgehead atoms. The summed E-state index contributed by atoms with van der Waals surface area (Å²) in [6.45, 7) is 11.9. The Labute approximate surface area is 161 Å². The van der Waals surface area contributed by atoms with Crippen molar-refractivity contribution in [3.8, 4) is 0 Å². The standard InChI is InChI=1S/C19H29N3O4S/c1-12(2)8-9-22-13(3)10-17(15(22)5)18(23)11-21(7)27(24,25)19-14(4)20-26-16(19)6/h10,12H,8-9,11H2,1-7H3. The maximum Gasteiger partial charge on any atom is 0.248 e. The van der Waals surface area contributed by atoms with E-state index in [1.165, 1.54) is 7.05 Å². The van der Waals surface area contributed by atoms with E-state index in [1.807, 2.05) is 19.9 Å². The lowest BCUT2D eigenvalue weighted by molar-refractivity contribution is 0.0972. The maximum atomic E-state index is 12.8. The number of aryl methyl sites for hydroxylation is 3. The van der Waals surface area contributed by atoms with Crippen molar-refractivity contribution in [1.29, 1.82) is 0 Å². The van der Waals surface area contributed by atoms with Crippen LogP contribution in [0.5, 0.6) is 0 Å². The van der Waals surface area contributed by atoms with Gasteiger partial charge < -0.3 is 9.09 Å². The van der Waals surface area contributed by atoms with Gasteiger partial charge in [0.25, 0.3) is 0 Å². The van der Waals surface area contributed by atoms with E-state index in [2.05, 4.69) is 23.6 Å². The van der Waals surface area contributed by atoms with Gasteiger partial charge in [-0.1, -0.05) is 19.0 Å². The van der Waals surface area contributed by atoms with Crippen LogP contribution < -0.4 is 0 Å². The quantitative estimate of drug-likeness (QED) is 0.641. The molecule has 2 aromatic rings. The molecule has 27 heavy (non-hydrogen) atoms. The van der Waals surface area contributed by atoms with Gasteiger partial charge in [-0.25, -0.2) is 8.42 Å². The molecular formula is C19H29N3O4S. The molecule has 2 aromatic heterocycles. The Balaban J connectivity index is 2.23. The van der Waals surface area contributed by atoms with Gasteiger partial charge >= 0.3 is 0 Å². The number of nitrogens with zero attached hydrogens (tertiary/aromatic N) is 3. The molecule has 8 heteroatoms. The summed E-state index contributed by atoms with van der Waals surface area (Å²) in [6.07, 6.45) is 1.02. The van der Waals surface area contributed by atoms with Crippen molar-refractivity contribution in [1.82, 2.24) is 14.0 Å². The third kappa shape index (κ3) is 4.32. The predicted molar refractivity (Wildman–Crippen MR) is 103 cm³/mol. The number of aromatic nitrogens is 2. The van der Waals surface area contributed by atoms with Crippen LogP contribution in [-0.2, 0) is 16.6 Å². The van der Waals surface area contributed by atoms with Gasteiger partial charge in [-0.05, 0) is 46.1 Å². The number of likely N-dealkylation sites (N-methyl/N-ethyl adjacent to an activating group) is 1. The van der Waals surface area contributed by atoms with Crippen molar-refractivity contribution in [2.75, 3.05) is 13.6 Å². The molecular weight excluding hydrogens is 366 g/mol. The van der Waals surface area contributed by atoms with E-state index in [4.69, 9.17) is 4.52 Å². The van der Waals surface area contributed by atoms with Gasteiger partial charge in [0.05, 0.1) is 6.54 Å². The van der Waals surface area contributed by atoms with Gasteiger partial charge in [0, 0.05) is 30.5 Å². The summed E-state index contributed by atoms with van der Waals surface area (Å²) in [5.41, 5.74) is 2.74. The fourth-order valence-corrected chi connectivity index (χ4v) is 4.60. The Morgan fingerprint density at radius 3 is 2.41 bits per heavy atom. The zero-order chi connectivity index (χ0) is 20.5. The molecule has 0 amide bonds. The SMILES string of the molecule is Cc1noc(C)c1S(=O)(=O)N(C)CC(=O)c1cc(C)n(CCC(C)C)c1C. The van der Waals surface area contributed by atoms with Crippen LogP contribution >= 0.6 is 0 Å². The topological polar surface area (TPSA) is 85.4 Å². The van der Waals surface area contributed by atoms with Crippen molar-refractivity contribution in [2.45, 2.75) is 59.4 Å². The molecule has 0 atom stereocenters. The van der Waals surface area contributed by atoms with Gasteiger partial charge in [-0.15, -0.1) is 0 Å². The van der Waals surface area contributed by atoms with E-state index in [-0.39, 0.29) is 23.0 Å². The first kappa shape index (κ1) is 21.4. The fourth-order valence-electron chi connectivity index (χ4n) is 3.19. The Hall–Kier alpha value is -1.93. The number of hydrogen-bond acceptors (Lipinski definition) is 5. The third-order valence-electron chi connectivity index (χ3n) is 4.81. The highest BCUT2D eigenvalue weighted by Gasteiger charge is 2.30. The molecule has 0 aliphatic rings. The van der Waals surface area contributed by atoms with Crippen LogP contribution in [0, 0.1) is 33.6 Å². The highest BCUT2D eigenvalue weighted by Crippen LogP contribution is 2.23. The van der Waals surface area contributed by atoms with Crippen LogP contribution in [0.25, 0.3) is 0 Å². The largest absolute Gasteiger partial charge is 0.360 e. The van der Waals surface area contributed by atoms with Crippen molar-refractivity contribution >= 4 is 15.8 Å². The lowest BCUT2D eigenvalue weighted by Gasteiger charge is -2.16. The molecule has 0 N–H and O–H groups in total. The average Bonchev–Trinajstić information content (AvgIpc) is 3.04. The summed E-state index contributed by atoms with van der Waals surface area (Å²) in [7, 11) is -2.45. The van der Waals surface area contributed by atoms with Crippen LogP contribution in [-0.4, -0.2) is 41.8 Å². The molecule has 7 nitrogen and oxygen atoms in total. The Morgan fingerprint density at radius 1 is 1.26 bits per heavy atom. The van der Waals surface area contributed by atoms with Gasteiger partial charge in [-0.2, -0.15) is 4.31 Å². The molecule has 0 radical (unpaired) electrons. The molecule has 0 unspecified atom stereocenters. The number of sulfonamides is 1. The normalized spacial score (nSPS) is 12.3. The number of Topliss-reactive ketones (excluding diaryl/α,β-unsaturated/α-hetero) is 1. The van der Waals surface area contributed by atoms with Crippen LogP contribution in [0.15, 0.2) is 15.5 Å². The van der Waals surface area contributed by atoms with Gasteiger partial charge in [0.1, 0.15) is 10.6 Å². The lowest BCUT2D eigenvalue weighted by atomic mass is 10.1. The number of ketones is 1. The first-order valence-corrected chi connectivity index (χ1v) is 10.5. The van der Waals surface area contributed by atoms with Crippen LogP contribution in [0.3, 0.4) is 0 Å². The first-order chi connectivity index (χ1) is 12.5. The Bertz CT molecular complexity index is 919. The molecule has 0 fully saturated rings. The molecule has 2 rings (SSSR count). The maximum absolute atomic E-state index is 12.8. The van der Waals surface area contributed by atoms with Gasteiger partial charge in [0.2, 0.25) is 10.0 Å². The van der Waals surface area contributed by atoms with Crippen LogP contribution in [0.2, 0.25) is 0 Å². The number of rotatable bonds is 8. The molecule has 2 heterocycles. The molecule has 0 spiro atoms. The first-order valence-electron chi connectivity index (χ1n) is 9.06. The Morgan fingerprint density at radius 2 is 1.89 bits per heavy atom. The second kappa shape index (κ2) is 7.98. The van der Waals surface area contributed by atoms with Crippen LogP contribution in [0.1, 0.15) is 53.5 Å². The number of hydrogen-bond donors (Lipinski definition) is 0. The van der Waals surface area contributed by atoms with E-state index >= 15 is 0 Å². The molecule has 150 valence electrons. The third-order valence-corrected chi connectivity index (χ3v) is 6.86. The fraction of sp³-hybridized carbons (Fsp3) is 0.579. The van der Waals surface area contributed by atoms with Crippen molar-refractivity contribution < 1.29 is 17.7 Å². The molecule has 0 saturated carbocycles. The summed E-state index contributed by atoms with van der Waals surface area (Å²) < 4.78 is 33.7. The predicted octanol–water partition coefficient (Wildman–Crippen LogP) is 3.26. The average molecular weight is 396 g/mol. The minimum Gasteiger partial charge on any atom is -0.360 e. The van der Waals surface area contributed by atoms with E-state index in [0.717, 1.165) is 28.7 Å². The summed E-state index contributed by atoms with van der Waals surface area (Å²) in [5, 5.41) is 3.70. The zero-order valence-corrected chi connectivity index (χ0v) is 18.0. The molecule has 0 aromatic carbocycles. The highest BCUT2D eigenvalue weighted by molar-refractivity contribution is 7.89. The van der Waals surface area contributed by atoms with E-state index < -0.39 is 10.0 Å². The number of carbonyl (C=O) groups excluding carboxylic acids is 1. The summed E-state index contributed by atoms with van der Waals surface area (Å²) in [4.78, 5) is 12.8. The minimum absolute atomic E-state index is 0.0280. The zero-order valence-electron chi connectivity index (χ0n) is 17.2. The second-order valence-corrected chi connectivity index (χ2v) is 9.44. The summed E-state index contributed by atoms with van der Waals surface area (Å²) in [5.74, 6) is 0.562. The van der Waals surface area contributed by atoms with Crippen LogP contribution in [0.4, 0.5) is 0 Å². The molecule has 0 aliphatic carbocycles. The van der Waals surface area contributed by atoms with Crippen molar-refractivity contribution in [3.05, 3.63) is 34.5 Å². The molecule has 0 aliphatic heterocycles. The second-order valence-electron chi connectivity index (χ2n) is 7.46. The summed E-state index contributed by atoms with van der Waals surface area (Å²) in [6, 6.07) is 1.84. The summed E-state index contributed by atoms with van der Waals surface area (Å²) >= 11 is 0. The smallest absolute Gasteiger partial charge is 0.248 e. The Kier molecular flexibility index (Phi) is 6.32. The van der Waals surface area contributed by atoms with E-state index in [9.17, 15) is 13.2 Å². The lowest BCUT2D eigenvalue weighted by Crippen LogP contribution is -2.33. The highest BCUT2D eigenvalue weighted by atomic mass is 32.2. The van der Waals surface area contributed by atoms with E-state index in [0.29, 0.717) is 17.2 Å². The van der Waals surface area contributed by atoms with Crippen molar-refractivity contribution in [2.24, 2.45) is 5.92 Å². The van der Waals surface area contributed by atoms with E-state index in [1.54, 1.807) is 13.8 Å². The van der Waals surface area contributed by atoms with Crippen molar-refractivity contribution in [3.63, 3.8) is 0 Å². The monoisotopic (exact) mass is 395 g/mol. The van der Waals surface area contributed by atoms with Gasteiger partial charge in [0.15, 0.2) is 11.5 Å². The number of carbonyl (C=O) groups is 1. The minimum atomic E-state index is -3.85. The molecule has 0 saturated heterocycles.